The average Bonchev–Trinajstić information content (AvgIpc) is 2.87. The summed E-state index contributed by atoms with van der Waals surface area (Å²) in [5, 5.41) is 1.64. The summed E-state index contributed by atoms with van der Waals surface area (Å²) in [6.07, 6.45) is 1.77. The molecule has 0 spiro atoms. The molecule has 1 aromatic carbocycles. The SMILES string of the molecule is Cn1ccc2cc(C3=NCCO3)ccc2c1=O. The highest BCUT2D eigenvalue weighted by molar-refractivity contribution is 5.98. The molecule has 0 aliphatic carbocycles. The monoisotopic (exact) mass is 228 g/mol. The van der Waals surface area contributed by atoms with Gasteiger partial charge in [0, 0.05) is 24.2 Å². The van der Waals surface area contributed by atoms with Gasteiger partial charge in [0.1, 0.15) is 6.61 Å². The number of aromatic nitrogens is 1. The quantitative estimate of drug-likeness (QED) is 0.738. The van der Waals surface area contributed by atoms with Crippen LogP contribution in [0.1, 0.15) is 5.56 Å². The number of aliphatic imine (C=N–C) groups is 1. The molecule has 0 atom stereocenters. The largest absolute Gasteiger partial charge is 0.476 e. The van der Waals surface area contributed by atoms with Gasteiger partial charge in [-0.2, -0.15) is 0 Å². The van der Waals surface area contributed by atoms with Crippen LogP contribution in [0.5, 0.6) is 0 Å². The third kappa shape index (κ3) is 1.62. The molecule has 0 unspecified atom stereocenters. The van der Waals surface area contributed by atoms with E-state index in [0.29, 0.717) is 19.0 Å². The Morgan fingerprint density at radius 3 is 3.00 bits per heavy atom. The van der Waals surface area contributed by atoms with Gasteiger partial charge in [0.05, 0.1) is 6.54 Å². The molecular formula is C13H12N2O2. The molecule has 0 amide bonds. The van der Waals surface area contributed by atoms with Crippen LogP contribution in [0.15, 0.2) is 40.2 Å². The third-order valence-electron chi connectivity index (χ3n) is 2.91. The fourth-order valence-corrected chi connectivity index (χ4v) is 1.99. The summed E-state index contributed by atoms with van der Waals surface area (Å²) >= 11 is 0. The molecule has 0 fully saturated rings. The van der Waals surface area contributed by atoms with Gasteiger partial charge in [-0.25, -0.2) is 4.99 Å². The molecule has 0 saturated heterocycles. The smallest absolute Gasteiger partial charge is 0.258 e. The zero-order valence-electron chi connectivity index (χ0n) is 9.51. The van der Waals surface area contributed by atoms with E-state index in [1.54, 1.807) is 17.8 Å². The van der Waals surface area contributed by atoms with E-state index >= 15 is 0 Å². The minimum absolute atomic E-state index is 0.0170. The van der Waals surface area contributed by atoms with Crippen molar-refractivity contribution in [2.45, 2.75) is 0 Å². The Morgan fingerprint density at radius 1 is 1.35 bits per heavy atom. The van der Waals surface area contributed by atoms with Gasteiger partial charge in [0.25, 0.3) is 5.56 Å². The Hall–Kier alpha value is -2.10. The van der Waals surface area contributed by atoms with E-state index in [0.717, 1.165) is 16.3 Å². The van der Waals surface area contributed by atoms with Gasteiger partial charge in [-0.15, -0.1) is 0 Å². The van der Waals surface area contributed by atoms with E-state index in [-0.39, 0.29) is 5.56 Å². The van der Waals surface area contributed by atoms with Crippen molar-refractivity contribution in [3.63, 3.8) is 0 Å². The second kappa shape index (κ2) is 3.73. The van der Waals surface area contributed by atoms with Gasteiger partial charge in [0.15, 0.2) is 0 Å². The number of nitrogens with zero attached hydrogens (tertiary/aromatic N) is 2. The van der Waals surface area contributed by atoms with Gasteiger partial charge >= 0.3 is 0 Å². The van der Waals surface area contributed by atoms with E-state index in [2.05, 4.69) is 4.99 Å². The Bertz CT molecular complexity index is 671. The third-order valence-corrected chi connectivity index (χ3v) is 2.91. The summed E-state index contributed by atoms with van der Waals surface area (Å²) < 4.78 is 6.98. The zero-order chi connectivity index (χ0) is 11.8. The van der Waals surface area contributed by atoms with Crippen molar-refractivity contribution in [1.29, 1.82) is 0 Å². The lowest BCUT2D eigenvalue weighted by atomic mass is 10.1. The number of fused-ring (bicyclic) bond motifs is 1. The van der Waals surface area contributed by atoms with Crippen LogP contribution < -0.4 is 5.56 Å². The molecule has 86 valence electrons. The van der Waals surface area contributed by atoms with Gasteiger partial charge < -0.3 is 9.30 Å². The van der Waals surface area contributed by atoms with Crippen molar-refractivity contribution in [3.05, 3.63) is 46.4 Å². The van der Waals surface area contributed by atoms with Crippen LogP contribution in [-0.2, 0) is 11.8 Å². The van der Waals surface area contributed by atoms with Crippen LogP contribution in [0.3, 0.4) is 0 Å². The van der Waals surface area contributed by atoms with E-state index in [4.69, 9.17) is 4.74 Å². The maximum atomic E-state index is 11.9. The Balaban J connectivity index is 2.20. The van der Waals surface area contributed by atoms with Crippen molar-refractivity contribution < 1.29 is 4.74 Å². The molecule has 4 heteroatoms. The summed E-state index contributed by atoms with van der Waals surface area (Å²) in [6, 6.07) is 7.59. The predicted molar refractivity (Wildman–Crippen MR) is 66.5 cm³/mol. The Kier molecular flexibility index (Phi) is 2.21. The zero-order valence-corrected chi connectivity index (χ0v) is 9.51. The molecule has 1 aliphatic rings. The Morgan fingerprint density at radius 2 is 2.24 bits per heavy atom. The molecule has 17 heavy (non-hydrogen) atoms. The van der Waals surface area contributed by atoms with E-state index in [1.807, 2.05) is 24.3 Å². The van der Waals surface area contributed by atoms with Crippen LogP contribution in [0.25, 0.3) is 10.8 Å². The van der Waals surface area contributed by atoms with Gasteiger partial charge in [-0.05, 0) is 29.7 Å². The summed E-state index contributed by atoms with van der Waals surface area (Å²) in [7, 11) is 1.75. The lowest BCUT2D eigenvalue weighted by molar-refractivity contribution is 0.348. The first-order valence-corrected chi connectivity index (χ1v) is 5.53. The molecule has 3 rings (SSSR count). The molecule has 0 bridgehead atoms. The Labute approximate surface area is 98.2 Å². The van der Waals surface area contributed by atoms with Crippen LogP contribution in [0, 0.1) is 0 Å². The molecule has 4 nitrogen and oxygen atoms in total. The minimum atomic E-state index is 0.0170. The number of hydrogen-bond donors (Lipinski definition) is 0. The molecular weight excluding hydrogens is 216 g/mol. The first kappa shape index (κ1) is 10.1. The van der Waals surface area contributed by atoms with Crippen molar-refractivity contribution in [1.82, 2.24) is 4.57 Å². The number of pyridine rings is 1. The topological polar surface area (TPSA) is 43.6 Å². The maximum absolute atomic E-state index is 11.9. The van der Waals surface area contributed by atoms with Crippen LogP contribution in [0.4, 0.5) is 0 Å². The van der Waals surface area contributed by atoms with Crippen molar-refractivity contribution in [2.24, 2.45) is 12.0 Å². The van der Waals surface area contributed by atoms with Crippen molar-refractivity contribution in [2.75, 3.05) is 13.2 Å². The fraction of sp³-hybridized carbons (Fsp3) is 0.231. The highest BCUT2D eigenvalue weighted by Gasteiger charge is 2.11. The highest BCUT2D eigenvalue weighted by atomic mass is 16.5. The lowest BCUT2D eigenvalue weighted by Gasteiger charge is -2.04. The molecule has 2 aromatic rings. The maximum Gasteiger partial charge on any atom is 0.258 e. The van der Waals surface area contributed by atoms with Gasteiger partial charge in [-0.1, -0.05) is 0 Å². The summed E-state index contributed by atoms with van der Waals surface area (Å²) in [5.41, 5.74) is 0.951. The summed E-state index contributed by atoms with van der Waals surface area (Å²) in [5.74, 6) is 0.674. The molecule has 2 heterocycles. The number of rotatable bonds is 1. The van der Waals surface area contributed by atoms with Crippen LogP contribution in [-0.4, -0.2) is 23.6 Å². The number of benzene rings is 1. The second-order valence-electron chi connectivity index (χ2n) is 4.07. The number of aryl methyl sites for hydroxylation is 1. The summed E-state index contributed by atoms with van der Waals surface area (Å²) in [6.45, 7) is 1.36. The molecule has 1 aromatic heterocycles. The molecule has 0 N–H and O–H groups in total. The van der Waals surface area contributed by atoms with Gasteiger partial charge in [-0.3, -0.25) is 4.79 Å². The first-order valence-electron chi connectivity index (χ1n) is 5.53. The lowest BCUT2D eigenvalue weighted by Crippen LogP contribution is -2.15. The number of ether oxygens (including phenoxy) is 1. The molecule has 1 aliphatic heterocycles. The predicted octanol–water partition coefficient (Wildman–Crippen LogP) is 1.32. The highest BCUT2D eigenvalue weighted by Crippen LogP contribution is 2.15. The minimum Gasteiger partial charge on any atom is -0.476 e. The average molecular weight is 228 g/mol. The van der Waals surface area contributed by atoms with E-state index in [1.165, 1.54) is 0 Å². The second-order valence-corrected chi connectivity index (χ2v) is 4.07. The summed E-state index contributed by atoms with van der Waals surface area (Å²) in [4.78, 5) is 16.1. The van der Waals surface area contributed by atoms with Crippen molar-refractivity contribution in [3.8, 4) is 0 Å². The van der Waals surface area contributed by atoms with Crippen molar-refractivity contribution >= 4 is 16.7 Å². The van der Waals surface area contributed by atoms with Gasteiger partial charge in [0.2, 0.25) is 5.90 Å². The molecule has 0 saturated carbocycles. The standard InChI is InChI=1S/C13H12N2O2/c1-15-6-4-9-8-10(12-14-5-7-17-12)2-3-11(9)13(15)16/h2-4,6,8H,5,7H2,1H3. The van der Waals surface area contributed by atoms with Crippen LogP contribution >= 0.6 is 0 Å². The molecule has 0 radical (unpaired) electrons. The number of hydrogen-bond acceptors (Lipinski definition) is 3. The van der Waals surface area contributed by atoms with Crippen LogP contribution in [0.2, 0.25) is 0 Å². The normalized spacial score (nSPS) is 14.8. The van der Waals surface area contributed by atoms with E-state index < -0.39 is 0 Å². The van der Waals surface area contributed by atoms with E-state index in [9.17, 15) is 4.79 Å². The first-order chi connectivity index (χ1) is 8.25. The fourth-order valence-electron chi connectivity index (χ4n) is 1.99.